The van der Waals surface area contributed by atoms with Crippen molar-refractivity contribution in [1.82, 2.24) is 19.9 Å². The van der Waals surface area contributed by atoms with E-state index in [1.807, 2.05) is 55.5 Å². The number of imidazole rings is 1. The molecule has 1 amide bonds. The van der Waals surface area contributed by atoms with Gasteiger partial charge in [-0.05, 0) is 31.2 Å². The molecule has 0 aliphatic rings. The van der Waals surface area contributed by atoms with Crippen LogP contribution >= 0.6 is 11.8 Å². The van der Waals surface area contributed by atoms with Gasteiger partial charge in [0.05, 0.1) is 16.8 Å². The minimum atomic E-state index is -0.0423. The molecule has 4 rings (SSSR count). The van der Waals surface area contributed by atoms with Crippen LogP contribution < -0.4 is 5.32 Å². The Hall–Kier alpha value is -2.80. The number of oxazole rings is 1. The molecule has 0 aliphatic carbocycles. The molecule has 0 atom stereocenters. The number of aromatic nitrogens is 3. The van der Waals surface area contributed by atoms with E-state index in [4.69, 9.17) is 4.42 Å². The number of fused-ring (bicyclic) bond motifs is 2. The van der Waals surface area contributed by atoms with Crippen LogP contribution in [0, 0.1) is 6.92 Å². The third-order valence-corrected chi connectivity index (χ3v) is 4.93. The van der Waals surface area contributed by atoms with E-state index in [1.54, 1.807) is 0 Å². The molecule has 6 nitrogen and oxygen atoms in total. The van der Waals surface area contributed by atoms with Gasteiger partial charge in [-0.15, -0.1) is 0 Å². The molecular formula is C19H18N4O2S. The maximum absolute atomic E-state index is 12.1. The summed E-state index contributed by atoms with van der Waals surface area (Å²) in [5, 5.41) is 3.45. The quantitative estimate of drug-likeness (QED) is 0.530. The van der Waals surface area contributed by atoms with Crippen molar-refractivity contribution in [3.05, 3.63) is 54.4 Å². The van der Waals surface area contributed by atoms with Gasteiger partial charge in [0.1, 0.15) is 11.3 Å². The first-order chi connectivity index (χ1) is 12.7. The number of nitrogens with one attached hydrogen (secondary N) is 1. The van der Waals surface area contributed by atoms with Crippen molar-refractivity contribution in [3.8, 4) is 0 Å². The van der Waals surface area contributed by atoms with Crippen molar-refractivity contribution in [3.63, 3.8) is 0 Å². The molecule has 0 saturated carbocycles. The van der Waals surface area contributed by atoms with E-state index in [9.17, 15) is 4.79 Å². The second-order valence-corrected chi connectivity index (χ2v) is 6.81. The fourth-order valence-corrected chi connectivity index (χ4v) is 3.54. The summed E-state index contributed by atoms with van der Waals surface area (Å²) < 4.78 is 7.72. The number of carbonyl (C=O) groups excluding carboxylic acids is 1. The van der Waals surface area contributed by atoms with E-state index >= 15 is 0 Å². The predicted octanol–water partition coefficient (Wildman–Crippen LogP) is 3.39. The predicted molar refractivity (Wildman–Crippen MR) is 102 cm³/mol. The van der Waals surface area contributed by atoms with Gasteiger partial charge < -0.3 is 14.3 Å². The highest BCUT2D eigenvalue weighted by Gasteiger charge is 2.10. The van der Waals surface area contributed by atoms with Crippen LogP contribution in [0.3, 0.4) is 0 Å². The van der Waals surface area contributed by atoms with Crippen molar-refractivity contribution in [2.75, 3.05) is 12.3 Å². The summed E-state index contributed by atoms with van der Waals surface area (Å²) in [7, 11) is 0. The van der Waals surface area contributed by atoms with E-state index in [0.29, 0.717) is 18.3 Å². The highest BCUT2D eigenvalue weighted by molar-refractivity contribution is 7.99. The highest BCUT2D eigenvalue weighted by Crippen LogP contribution is 2.22. The van der Waals surface area contributed by atoms with Crippen LogP contribution in [0.2, 0.25) is 0 Å². The second-order valence-electron chi connectivity index (χ2n) is 5.89. The Morgan fingerprint density at radius 2 is 1.88 bits per heavy atom. The lowest BCUT2D eigenvalue weighted by atomic mass is 10.3. The van der Waals surface area contributed by atoms with Crippen LogP contribution in [0.15, 0.2) is 58.2 Å². The van der Waals surface area contributed by atoms with Crippen molar-refractivity contribution >= 4 is 39.8 Å². The number of rotatable bonds is 6. The molecule has 0 fully saturated rings. The summed E-state index contributed by atoms with van der Waals surface area (Å²) >= 11 is 1.30. The van der Waals surface area contributed by atoms with E-state index in [-0.39, 0.29) is 11.7 Å². The van der Waals surface area contributed by atoms with Gasteiger partial charge in [0.2, 0.25) is 5.91 Å². The number of aryl methyl sites for hydroxylation is 1. The lowest BCUT2D eigenvalue weighted by Gasteiger charge is -2.08. The number of hydrogen-bond acceptors (Lipinski definition) is 5. The van der Waals surface area contributed by atoms with E-state index in [0.717, 1.165) is 28.0 Å². The van der Waals surface area contributed by atoms with Gasteiger partial charge in [-0.25, -0.2) is 9.97 Å². The molecule has 7 heteroatoms. The zero-order valence-electron chi connectivity index (χ0n) is 14.3. The van der Waals surface area contributed by atoms with Crippen molar-refractivity contribution in [2.24, 2.45) is 0 Å². The first-order valence-electron chi connectivity index (χ1n) is 8.37. The van der Waals surface area contributed by atoms with Crippen molar-refractivity contribution in [2.45, 2.75) is 18.7 Å². The molecule has 132 valence electrons. The number of carbonyl (C=O) groups is 1. The van der Waals surface area contributed by atoms with Gasteiger partial charge in [-0.2, -0.15) is 0 Å². The molecule has 0 spiro atoms. The van der Waals surface area contributed by atoms with Crippen LogP contribution in [-0.4, -0.2) is 32.7 Å². The summed E-state index contributed by atoms with van der Waals surface area (Å²) in [6, 6.07) is 15.6. The maximum Gasteiger partial charge on any atom is 0.257 e. The van der Waals surface area contributed by atoms with E-state index < -0.39 is 0 Å². The Balaban J connectivity index is 1.30. The van der Waals surface area contributed by atoms with Gasteiger partial charge in [0, 0.05) is 13.1 Å². The average molecular weight is 366 g/mol. The van der Waals surface area contributed by atoms with Gasteiger partial charge >= 0.3 is 0 Å². The molecule has 0 radical (unpaired) electrons. The lowest BCUT2D eigenvalue weighted by molar-refractivity contribution is -0.118. The third kappa shape index (κ3) is 3.43. The van der Waals surface area contributed by atoms with Crippen LogP contribution in [0.5, 0.6) is 0 Å². The minimum Gasteiger partial charge on any atom is -0.431 e. The third-order valence-electron chi connectivity index (χ3n) is 4.10. The summed E-state index contributed by atoms with van der Waals surface area (Å²) in [6.45, 7) is 3.21. The van der Waals surface area contributed by atoms with Gasteiger partial charge in [0.15, 0.2) is 5.58 Å². The number of thioether (sulfide) groups is 1. The van der Waals surface area contributed by atoms with Gasteiger partial charge in [-0.3, -0.25) is 4.79 Å². The first kappa shape index (κ1) is 16.7. The molecule has 0 bridgehead atoms. The number of nitrogens with zero attached hydrogens (tertiary/aromatic N) is 3. The molecule has 1 N–H and O–H groups in total. The summed E-state index contributed by atoms with van der Waals surface area (Å²) in [6.07, 6.45) is 0. The van der Waals surface area contributed by atoms with Gasteiger partial charge in [-0.1, -0.05) is 36.0 Å². The standard InChI is InChI=1S/C19H18N4O2S/c1-13-21-14-6-2-4-8-16(14)23(13)11-10-20-18(24)12-26-19-22-15-7-3-5-9-17(15)25-19/h2-9H,10-12H2,1H3,(H,20,24). The molecular weight excluding hydrogens is 348 g/mol. The number of hydrogen-bond donors (Lipinski definition) is 1. The molecule has 26 heavy (non-hydrogen) atoms. The lowest BCUT2D eigenvalue weighted by Crippen LogP contribution is -2.28. The second kappa shape index (κ2) is 7.21. The molecule has 0 saturated heterocycles. The van der Waals surface area contributed by atoms with E-state index in [2.05, 4.69) is 19.9 Å². The molecule has 2 aromatic heterocycles. The Bertz CT molecular complexity index is 1040. The zero-order valence-corrected chi connectivity index (χ0v) is 15.1. The van der Waals surface area contributed by atoms with E-state index in [1.165, 1.54) is 11.8 Å². The molecule has 0 aliphatic heterocycles. The fraction of sp³-hybridized carbons (Fsp3) is 0.211. The Kier molecular flexibility index (Phi) is 4.62. The average Bonchev–Trinajstić information content (AvgIpc) is 3.20. The maximum atomic E-state index is 12.1. The zero-order chi connectivity index (χ0) is 17.9. The molecule has 0 unspecified atom stereocenters. The minimum absolute atomic E-state index is 0.0423. The van der Waals surface area contributed by atoms with Crippen molar-refractivity contribution in [1.29, 1.82) is 0 Å². The fourth-order valence-electron chi connectivity index (χ4n) is 2.88. The summed E-state index contributed by atoms with van der Waals surface area (Å²) in [5.74, 6) is 1.18. The number of benzene rings is 2. The SMILES string of the molecule is Cc1nc2ccccc2n1CCNC(=O)CSc1nc2ccccc2o1. The number of amides is 1. The van der Waals surface area contributed by atoms with Crippen molar-refractivity contribution < 1.29 is 9.21 Å². The normalized spacial score (nSPS) is 11.3. The topological polar surface area (TPSA) is 73.0 Å². The molecule has 2 heterocycles. The summed E-state index contributed by atoms with van der Waals surface area (Å²) in [5.41, 5.74) is 3.60. The number of para-hydroxylation sites is 4. The van der Waals surface area contributed by atoms with Crippen LogP contribution in [-0.2, 0) is 11.3 Å². The Morgan fingerprint density at radius 1 is 1.12 bits per heavy atom. The molecule has 2 aromatic carbocycles. The van der Waals surface area contributed by atoms with Gasteiger partial charge in [0.25, 0.3) is 5.22 Å². The summed E-state index contributed by atoms with van der Waals surface area (Å²) in [4.78, 5) is 21.0. The first-order valence-corrected chi connectivity index (χ1v) is 9.36. The van der Waals surface area contributed by atoms with Crippen LogP contribution in [0.4, 0.5) is 0 Å². The monoisotopic (exact) mass is 366 g/mol. The Labute approximate surface area is 154 Å². The Morgan fingerprint density at radius 3 is 2.73 bits per heavy atom. The smallest absolute Gasteiger partial charge is 0.257 e. The largest absolute Gasteiger partial charge is 0.431 e. The van der Waals surface area contributed by atoms with Crippen LogP contribution in [0.1, 0.15) is 5.82 Å². The van der Waals surface area contributed by atoms with Crippen LogP contribution in [0.25, 0.3) is 22.1 Å². The highest BCUT2D eigenvalue weighted by atomic mass is 32.2. The molecule has 4 aromatic rings.